The molecule has 2 aliphatic heterocycles. The Morgan fingerprint density at radius 3 is 1.64 bits per heavy atom. The largest absolute Gasteiger partial charge is 0.487 e. The minimum Gasteiger partial charge on any atom is -0.487 e. The van der Waals surface area contributed by atoms with E-state index in [1.165, 1.54) is 0 Å². The molecule has 1 aromatic rings. The van der Waals surface area contributed by atoms with Crippen molar-refractivity contribution >= 4 is 0 Å². The second-order valence-electron chi connectivity index (χ2n) is 6.15. The second-order valence-corrected chi connectivity index (χ2v) is 6.15. The van der Waals surface area contributed by atoms with Gasteiger partial charge < -0.3 is 18.9 Å². The predicted molar refractivity (Wildman–Crippen MR) is 84.5 cm³/mol. The van der Waals surface area contributed by atoms with Gasteiger partial charge in [-0.1, -0.05) is 26.0 Å². The number of hydrogen-bond donors (Lipinski definition) is 0. The molecule has 0 bridgehead atoms. The molecule has 2 fully saturated rings. The van der Waals surface area contributed by atoms with Gasteiger partial charge in [0.1, 0.15) is 13.2 Å². The summed E-state index contributed by atoms with van der Waals surface area (Å²) in [6.07, 6.45) is 2.72. The van der Waals surface area contributed by atoms with Crippen molar-refractivity contribution in [2.24, 2.45) is 11.8 Å². The van der Waals surface area contributed by atoms with Crippen LogP contribution in [0.15, 0.2) is 24.3 Å². The van der Waals surface area contributed by atoms with Gasteiger partial charge in [-0.3, -0.25) is 0 Å². The van der Waals surface area contributed by atoms with Crippen LogP contribution >= 0.6 is 0 Å². The Morgan fingerprint density at radius 1 is 0.864 bits per heavy atom. The van der Waals surface area contributed by atoms with Crippen molar-refractivity contribution < 1.29 is 18.9 Å². The van der Waals surface area contributed by atoms with Crippen LogP contribution in [0.3, 0.4) is 0 Å². The summed E-state index contributed by atoms with van der Waals surface area (Å²) in [6, 6.07) is 7.84. The summed E-state index contributed by atoms with van der Waals surface area (Å²) >= 11 is 0. The summed E-state index contributed by atoms with van der Waals surface area (Å²) in [5, 5.41) is 0. The van der Waals surface area contributed by atoms with Crippen LogP contribution < -0.4 is 9.47 Å². The Balaban J connectivity index is 1.51. The van der Waals surface area contributed by atoms with Crippen molar-refractivity contribution in [3.63, 3.8) is 0 Å². The molecule has 2 heterocycles. The van der Waals surface area contributed by atoms with Gasteiger partial charge in [0.2, 0.25) is 0 Å². The maximum Gasteiger partial charge on any atom is 0.161 e. The van der Waals surface area contributed by atoms with Gasteiger partial charge in [-0.25, -0.2) is 0 Å². The summed E-state index contributed by atoms with van der Waals surface area (Å²) in [5.41, 5.74) is 0. The smallest absolute Gasteiger partial charge is 0.161 e. The first-order valence-electron chi connectivity index (χ1n) is 8.39. The second kappa shape index (κ2) is 7.34. The average molecular weight is 306 g/mol. The van der Waals surface area contributed by atoms with Gasteiger partial charge in [0.15, 0.2) is 11.5 Å². The minimum absolute atomic E-state index is 0.220. The van der Waals surface area contributed by atoms with Crippen molar-refractivity contribution in [2.45, 2.75) is 38.9 Å². The highest BCUT2D eigenvalue weighted by atomic mass is 16.6. The molecule has 4 heteroatoms. The summed E-state index contributed by atoms with van der Waals surface area (Å²) in [4.78, 5) is 0. The van der Waals surface area contributed by atoms with Crippen molar-refractivity contribution in [2.75, 3.05) is 26.4 Å². The first-order chi connectivity index (χ1) is 10.8. The number of para-hydroxylation sites is 2. The van der Waals surface area contributed by atoms with E-state index in [4.69, 9.17) is 18.9 Å². The van der Waals surface area contributed by atoms with E-state index in [9.17, 15) is 0 Å². The lowest BCUT2D eigenvalue weighted by molar-refractivity contribution is -0.134. The number of hydrogen-bond acceptors (Lipinski definition) is 4. The maximum atomic E-state index is 5.92. The Labute approximate surface area is 132 Å². The molecular formula is C18H26O4. The van der Waals surface area contributed by atoms with E-state index in [0.717, 1.165) is 37.6 Å². The molecule has 22 heavy (non-hydrogen) atoms. The third-order valence-corrected chi connectivity index (χ3v) is 4.80. The quantitative estimate of drug-likeness (QED) is 0.738. The van der Waals surface area contributed by atoms with Gasteiger partial charge in [0.25, 0.3) is 0 Å². The maximum absolute atomic E-state index is 5.92. The zero-order valence-corrected chi connectivity index (χ0v) is 13.5. The van der Waals surface area contributed by atoms with Crippen LogP contribution in [0.1, 0.15) is 26.7 Å². The molecule has 3 rings (SSSR count). The first kappa shape index (κ1) is 15.6. The molecule has 4 atom stereocenters. The fourth-order valence-electron chi connectivity index (χ4n) is 2.90. The molecule has 0 N–H and O–H groups in total. The summed E-state index contributed by atoms with van der Waals surface area (Å²) in [5.74, 6) is 2.84. The average Bonchev–Trinajstić information content (AvgIpc) is 2.48. The fourth-order valence-corrected chi connectivity index (χ4v) is 2.90. The van der Waals surface area contributed by atoms with E-state index >= 15 is 0 Å². The van der Waals surface area contributed by atoms with Crippen LogP contribution in [0, 0.1) is 11.8 Å². The molecule has 0 spiro atoms. The molecule has 2 aliphatic rings. The minimum atomic E-state index is 0.220. The SMILES string of the molecule is CCC1COC1COc1ccccc1OCC1OCC1CC. The van der Waals surface area contributed by atoms with Crippen LogP contribution in [-0.2, 0) is 9.47 Å². The van der Waals surface area contributed by atoms with E-state index < -0.39 is 0 Å². The molecule has 4 nitrogen and oxygen atoms in total. The molecular weight excluding hydrogens is 280 g/mol. The lowest BCUT2D eigenvalue weighted by atomic mass is 9.96. The zero-order chi connectivity index (χ0) is 15.4. The normalized spacial score (nSPS) is 30.3. The zero-order valence-electron chi connectivity index (χ0n) is 13.5. The molecule has 0 aliphatic carbocycles. The van der Waals surface area contributed by atoms with E-state index in [0.29, 0.717) is 25.0 Å². The van der Waals surface area contributed by atoms with Crippen LogP contribution in [0.4, 0.5) is 0 Å². The topological polar surface area (TPSA) is 36.9 Å². The molecule has 0 aromatic heterocycles. The predicted octanol–water partition coefficient (Wildman–Crippen LogP) is 3.29. The van der Waals surface area contributed by atoms with Gasteiger partial charge in [-0.05, 0) is 25.0 Å². The summed E-state index contributed by atoms with van der Waals surface area (Å²) in [7, 11) is 0. The number of ether oxygens (including phenoxy) is 4. The molecule has 4 unspecified atom stereocenters. The number of rotatable bonds is 8. The Kier molecular flexibility index (Phi) is 5.21. The van der Waals surface area contributed by atoms with Crippen molar-refractivity contribution in [3.05, 3.63) is 24.3 Å². The third kappa shape index (κ3) is 3.39. The van der Waals surface area contributed by atoms with Gasteiger partial charge in [0.05, 0.1) is 25.4 Å². The van der Waals surface area contributed by atoms with Crippen LogP contribution in [0.2, 0.25) is 0 Å². The monoisotopic (exact) mass is 306 g/mol. The molecule has 122 valence electrons. The molecule has 0 saturated carbocycles. The highest BCUT2D eigenvalue weighted by Gasteiger charge is 2.32. The Morgan fingerprint density at radius 2 is 1.32 bits per heavy atom. The van der Waals surface area contributed by atoms with Crippen molar-refractivity contribution in [1.82, 2.24) is 0 Å². The van der Waals surface area contributed by atoms with E-state index in [2.05, 4.69) is 13.8 Å². The third-order valence-electron chi connectivity index (χ3n) is 4.80. The van der Waals surface area contributed by atoms with Gasteiger partial charge in [0, 0.05) is 11.8 Å². The Hall–Kier alpha value is -1.26. The van der Waals surface area contributed by atoms with E-state index in [-0.39, 0.29) is 12.2 Å². The molecule has 0 amide bonds. The van der Waals surface area contributed by atoms with Crippen molar-refractivity contribution in [3.8, 4) is 11.5 Å². The molecule has 0 radical (unpaired) electrons. The highest BCUT2D eigenvalue weighted by Crippen LogP contribution is 2.31. The van der Waals surface area contributed by atoms with Crippen LogP contribution in [0.5, 0.6) is 11.5 Å². The van der Waals surface area contributed by atoms with E-state index in [1.807, 2.05) is 24.3 Å². The fraction of sp³-hybridized carbons (Fsp3) is 0.667. The van der Waals surface area contributed by atoms with E-state index in [1.54, 1.807) is 0 Å². The van der Waals surface area contributed by atoms with Gasteiger partial charge in [-0.2, -0.15) is 0 Å². The van der Waals surface area contributed by atoms with Crippen LogP contribution in [0.25, 0.3) is 0 Å². The lowest BCUT2D eigenvalue weighted by Gasteiger charge is -2.36. The lowest BCUT2D eigenvalue weighted by Crippen LogP contribution is -2.43. The summed E-state index contributed by atoms with van der Waals surface area (Å²) < 4.78 is 23.0. The summed E-state index contributed by atoms with van der Waals surface area (Å²) in [6.45, 7) is 7.30. The Bertz CT molecular complexity index is 429. The number of benzene rings is 1. The van der Waals surface area contributed by atoms with Crippen molar-refractivity contribution in [1.29, 1.82) is 0 Å². The van der Waals surface area contributed by atoms with Gasteiger partial charge in [-0.15, -0.1) is 0 Å². The highest BCUT2D eigenvalue weighted by molar-refractivity contribution is 5.39. The molecule has 2 saturated heterocycles. The molecule has 1 aromatic carbocycles. The standard InChI is InChI=1S/C18H26O4/c1-3-13-9-19-17(13)11-21-15-7-5-6-8-16(15)22-12-18-14(4-2)10-20-18/h5-8,13-14,17-18H,3-4,9-12H2,1-2H3. The van der Waals surface area contributed by atoms with Gasteiger partial charge >= 0.3 is 0 Å². The van der Waals surface area contributed by atoms with Crippen LogP contribution in [-0.4, -0.2) is 38.6 Å². The first-order valence-corrected chi connectivity index (χ1v) is 8.39.